The molecule has 22 heavy (non-hydrogen) atoms. The molecule has 1 fully saturated rings. The highest BCUT2D eigenvalue weighted by Crippen LogP contribution is 2.36. The molecule has 11 heteroatoms. The van der Waals surface area contributed by atoms with Crippen molar-refractivity contribution in [1.29, 1.82) is 0 Å². The first kappa shape index (κ1) is 16.3. The quantitative estimate of drug-likeness (QED) is 0.379. The summed E-state index contributed by atoms with van der Waals surface area (Å²) in [6.45, 7) is 1.04. The van der Waals surface area contributed by atoms with Crippen molar-refractivity contribution in [2.24, 2.45) is 0 Å². The van der Waals surface area contributed by atoms with E-state index in [1.807, 2.05) is 0 Å². The third-order valence-electron chi connectivity index (χ3n) is 3.73. The minimum Gasteiger partial charge on any atom is -0.412 e. The van der Waals surface area contributed by atoms with E-state index in [0.717, 1.165) is 0 Å². The number of fused-ring (bicyclic) bond motifs is 1. The fraction of sp³-hybridized carbons (Fsp3) is 0.545. The van der Waals surface area contributed by atoms with Crippen LogP contribution in [0.25, 0.3) is 11.2 Å². The summed E-state index contributed by atoms with van der Waals surface area (Å²) in [7, 11) is 0. The van der Waals surface area contributed by atoms with Gasteiger partial charge in [0, 0.05) is 0 Å². The van der Waals surface area contributed by atoms with E-state index in [1.54, 1.807) is 0 Å². The number of nitrogens with one attached hydrogen (secondary N) is 1. The monoisotopic (exact) mass is 315 g/mol. The number of hydrogen-bond donors (Lipinski definition) is 5. The second kappa shape index (κ2) is 5.30. The summed E-state index contributed by atoms with van der Waals surface area (Å²) in [5.41, 5.74) is 3.70. The standard InChI is InChI=1S/C11H15N5O5.H2O/c1-11(7(19)6(18)4(2-17)21-11)16-3-13-5-8(16)14-10(12)15-9(5)20;/h3-4,6-7,17-19H,2H2,1H3,(H3,12,14,15,20);1H2/t4-,6-,7-,11-;/m1./s1. The van der Waals surface area contributed by atoms with Crippen LogP contribution in [0.3, 0.4) is 0 Å². The molecule has 1 saturated heterocycles. The van der Waals surface area contributed by atoms with Gasteiger partial charge < -0.3 is 31.3 Å². The van der Waals surface area contributed by atoms with Gasteiger partial charge in [0.2, 0.25) is 5.95 Å². The molecular formula is C11H17N5O6. The van der Waals surface area contributed by atoms with Gasteiger partial charge in [0.15, 0.2) is 16.9 Å². The van der Waals surface area contributed by atoms with E-state index in [-0.39, 0.29) is 22.6 Å². The summed E-state index contributed by atoms with van der Waals surface area (Å²) in [4.78, 5) is 22.0. The molecule has 0 radical (unpaired) electrons. The predicted molar refractivity (Wildman–Crippen MR) is 73.8 cm³/mol. The van der Waals surface area contributed by atoms with Crippen molar-refractivity contribution >= 4 is 17.1 Å². The van der Waals surface area contributed by atoms with Crippen LogP contribution in [0.5, 0.6) is 0 Å². The van der Waals surface area contributed by atoms with Gasteiger partial charge in [-0.15, -0.1) is 0 Å². The zero-order chi connectivity index (χ0) is 15.4. The predicted octanol–water partition coefficient (Wildman–Crippen LogP) is -3.34. The van der Waals surface area contributed by atoms with Crippen LogP contribution < -0.4 is 11.3 Å². The highest BCUT2D eigenvalue weighted by atomic mass is 16.6. The molecule has 3 rings (SSSR count). The molecule has 0 aromatic carbocycles. The molecule has 0 aliphatic carbocycles. The largest absolute Gasteiger partial charge is 0.412 e. The maximum Gasteiger partial charge on any atom is 0.280 e. The fourth-order valence-electron chi connectivity index (χ4n) is 2.56. The Morgan fingerprint density at radius 1 is 1.55 bits per heavy atom. The van der Waals surface area contributed by atoms with Gasteiger partial charge in [-0.3, -0.25) is 14.3 Å². The highest BCUT2D eigenvalue weighted by molar-refractivity contribution is 5.70. The van der Waals surface area contributed by atoms with E-state index in [1.165, 1.54) is 17.8 Å². The fourth-order valence-corrected chi connectivity index (χ4v) is 2.56. The third-order valence-corrected chi connectivity index (χ3v) is 3.73. The van der Waals surface area contributed by atoms with Crippen LogP contribution >= 0.6 is 0 Å². The first-order chi connectivity index (χ1) is 9.88. The average molecular weight is 315 g/mol. The third kappa shape index (κ3) is 2.07. The molecule has 1 aliphatic rings. The van der Waals surface area contributed by atoms with Gasteiger partial charge in [-0.1, -0.05) is 0 Å². The van der Waals surface area contributed by atoms with Gasteiger partial charge in [-0.05, 0) is 6.92 Å². The highest BCUT2D eigenvalue weighted by Gasteiger charge is 2.52. The van der Waals surface area contributed by atoms with Crippen molar-refractivity contribution in [3.63, 3.8) is 0 Å². The molecule has 4 atom stereocenters. The molecule has 0 bridgehead atoms. The van der Waals surface area contributed by atoms with Gasteiger partial charge in [0.25, 0.3) is 5.56 Å². The van der Waals surface area contributed by atoms with Gasteiger partial charge in [-0.25, -0.2) is 4.98 Å². The minimum atomic E-state index is -1.44. The number of H-pyrrole nitrogens is 1. The van der Waals surface area contributed by atoms with Crippen LogP contribution in [0, 0.1) is 0 Å². The van der Waals surface area contributed by atoms with Crippen LogP contribution in [0.4, 0.5) is 5.95 Å². The number of nitrogens with zero attached hydrogens (tertiary/aromatic N) is 3. The van der Waals surface area contributed by atoms with Crippen molar-refractivity contribution in [3.8, 4) is 0 Å². The normalized spacial score (nSPS) is 31.4. The molecule has 8 N–H and O–H groups in total. The Hall–Kier alpha value is -2.05. The van der Waals surface area contributed by atoms with Crippen molar-refractivity contribution in [2.75, 3.05) is 12.3 Å². The second-order valence-electron chi connectivity index (χ2n) is 5.07. The number of rotatable bonds is 2. The number of hydrogen-bond acceptors (Lipinski definition) is 8. The molecular weight excluding hydrogens is 298 g/mol. The van der Waals surface area contributed by atoms with E-state index in [9.17, 15) is 20.1 Å². The van der Waals surface area contributed by atoms with Crippen LogP contribution in [-0.4, -0.2) is 65.2 Å². The molecule has 122 valence electrons. The summed E-state index contributed by atoms with van der Waals surface area (Å²) in [5, 5.41) is 29.3. The van der Waals surface area contributed by atoms with Crippen LogP contribution in [-0.2, 0) is 10.5 Å². The Labute approximate surface area is 123 Å². The number of imidazole rings is 1. The lowest BCUT2D eigenvalue weighted by Crippen LogP contribution is -2.43. The SMILES string of the molecule is C[C@@]1(n2cnc3c(=O)[nH]c(N)nc32)O[C@H](CO)[C@@H](O)[C@H]1O.O. The summed E-state index contributed by atoms with van der Waals surface area (Å²) < 4.78 is 6.85. The van der Waals surface area contributed by atoms with E-state index in [4.69, 9.17) is 10.5 Å². The zero-order valence-corrected chi connectivity index (χ0v) is 11.6. The summed E-state index contributed by atoms with van der Waals surface area (Å²) >= 11 is 0. The number of nitrogens with two attached hydrogens (primary N) is 1. The number of ether oxygens (including phenoxy) is 1. The van der Waals surface area contributed by atoms with Gasteiger partial charge in [0.1, 0.15) is 18.3 Å². The van der Waals surface area contributed by atoms with E-state index >= 15 is 0 Å². The van der Waals surface area contributed by atoms with Gasteiger partial charge in [-0.2, -0.15) is 4.98 Å². The topological polar surface area (TPSA) is 191 Å². The maximum atomic E-state index is 11.8. The molecule has 0 saturated carbocycles. The zero-order valence-electron chi connectivity index (χ0n) is 11.6. The smallest absolute Gasteiger partial charge is 0.280 e. The number of aromatic amines is 1. The van der Waals surface area contributed by atoms with Gasteiger partial charge in [0.05, 0.1) is 12.9 Å². The van der Waals surface area contributed by atoms with E-state index in [2.05, 4.69) is 15.0 Å². The number of aliphatic hydroxyl groups excluding tert-OH is 3. The molecule has 11 nitrogen and oxygen atoms in total. The first-order valence-corrected chi connectivity index (χ1v) is 6.26. The number of aromatic nitrogens is 4. The minimum absolute atomic E-state index is 0. The van der Waals surface area contributed by atoms with E-state index < -0.39 is 36.2 Å². The van der Waals surface area contributed by atoms with E-state index in [0.29, 0.717) is 0 Å². The Kier molecular flexibility index (Phi) is 3.93. The number of nitrogen functional groups attached to an aromatic ring is 1. The molecule has 1 aliphatic heterocycles. The van der Waals surface area contributed by atoms with Crippen LogP contribution in [0.15, 0.2) is 11.1 Å². The molecule has 0 spiro atoms. The molecule has 3 heterocycles. The van der Waals surface area contributed by atoms with Crippen LogP contribution in [0.2, 0.25) is 0 Å². The van der Waals surface area contributed by atoms with Crippen molar-refractivity contribution in [2.45, 2.75) is 31.0 Å². The van der Waals surface area contributed by atoms with Gasteiger partial charge >= 0.3 is 0 Å². The lowest BCUT2D eigenvalue weighted by molar-refractivity contribution is -0.132. The molecule has 2 aromatic rings. The second-order valence-corrected chi connectivity index (χ2v) is 5.07. The number of aliphatic hydroxyl groups is 3. The van der Waals surface area contributed by atoms with Crippen molar-refractivity contribution in [3.05, 3.63) is 16.7 Å². The number of anilines is 1. The summed E-state index contributed by atoms with van der Waals surface area (Å²) in [6, 6.07) is 0. The first-order valence-electron chi connectivity index (χ1n) is 6.26. The molecule has 0 unspecified atom stereocenters. The Bertz CT molecular complexity index is 744. The molecule has 0 amide bonds. The van der Waals surface area contributed by atoms with Crippen molar-refractivity contribution in [1.82, 2.24) is 19.5 Å². The Morgan fingerprint density at radius 2 is 2.23 bits per heavy atom. The van der Waals surface area contributed by atoms with Crippen LogP contribution in [0.1, 0.15) is 6.92 Å². The van der Waals surface area contributed by atoms with Crippen molar-refractivity contribution < 1.29 is 25.5 Å². The molecule has 2 aromatic heterocycles. The average Bonchev–Trinajstić information content (AvgIpc) is 2.95. The Balaban J connectivity index is 0.00000176. The lowest BCUT2D eigenvalue weighted by atomic mass is 10.0. The lowest BCUT2D eigenvalue weighted by Gasteiger charge is -2.29. The Morgan fingerprint density at radius 3 is 2.82 bits per heavy atom. The maximum absolute atomic E-state index is 11.8. The summed E-state index contributed by atoms with van der Waals surface area (Å²) in [6.07, 6.45) is -2.31. The summed E-state index contributed by atoms with van der Waals surface area (Å²) in [5.74, 6) is -0.107.